The third-order valence-corrected chi connectivity index (χ3v) is 4.55. The van der Waals surface area contributed by atoms with Crippen LogP contribution in [0.25, 0.3) is 0 Å². The molecule has 20 heavy (non-hydrogen) atoms. The van der Waals surface area contributed by atoms with Crippen molar-refractivity contribution in [2.45, 2.75) is 17.4 Å². The Kier molecular flexibility index (Phi) is 6.34. The molecule has 114 valence electrons. The normalized spacial score (nSPS) is 13.4. The number of aromatic nitrogens is 1. The summed E-state index contributed by atoms with van der Waals surface area (Å²) < 4.78 is 30.0. The summed E-state index contributed by atoms with van der Waals surface area (Å²) in [6, 6.07) is 3.21. The van der Waals surface area contributed by atoms with E-state index >= 15 is 0 Å². The average molecular weight is 302 g/mol. The SMILES string of the molecule is COCC(CCN)Nc1ccc(S(=O)(=O)N(C)C)cn1. The predicted octanol–water partition coefficient (Wildman–Crippen LogP) is 0.108. The van der Waals surface area contributed by atoms with Gasteiger partial charge in [-0.25, -0.2) is 17.7 Å². The Morgan fingerprint density at radius 3 is 2.60 bits per heavy atom. The van der Waals surface area contributed by atoms with E-state index in [1.807, 2.05) is 0 Å². The van der Waals surface area contributed by atoms with E-state index in [0.29, 0.717) is 19.0 Å². The summed E-state index contributed by atoms with van der Waals surface area (Å²) in [6.07, 6.45) is 2.08. The molecule has 0 aromatic carbocycles. The molecule has 7 nitrogen and oxygen atoms in total. The van der Waals surface area contributed by atoms with Crippen LogP contribution in [0.2, 0.25) is 0 Å². The summed E-state index contributed by atoms with van der Waals surface area (Å²) in [7, 11) is 1.14. The van der Waals surface area contributed by atoms with Gasteiger partial charge in [0.15, 0.2) is 0 Å². The van der Waals surface area contributed by atoms with Crippen molar-refractivity contribution in [1.82, 2.24) is 9.29 Å². The topological polar surface area (TPSA) is 97.5 Å². The third kappa shape index (κ3) is 4.41. The molecule has 3 N–H and O–H groups in total. The number of anilines is 1. The van der Waals surface area contributed by atoms with E-state index in [0.717, 1.165) is 10.7 Å². The van der Waals surface area contributed by atoms with E-state index < -0.39 is 10.0 Å². The van der Waals surface area contributed by atoms with Crippen LogP contribution in [-0.4, -0.2) is 58.1 Å². The fourth-order valence-corrected chi connectivity index (χ4v) is 2.49. The maximum absolute atomic E-state index is 11.9. The highest BCUT2D eigenvalue weighted by Gasteiger charge is 2.17. The van der Waals surface area contributed by atoms with Crippen LogP contribution in [-0.2, 0) is 14.8 Å². The van der Waals surface area contributed by atoms with Gasteiger partial charge in [-0.15, -0.1) is 0 Å². The van der Waals surface area contributed by atoms with Gasteiger partial charge in [-0.1, -0.05) is 0 Å². The highest BCUT2D eigenvalue weighted by molar-refractivity contribution is 7.89. The first-order valence-corrected chi connectivity index (χ1v) is 7.70. The number of nitrogens with one attached hydrogen (secondary N) is 1. The second-order valence-electron chi connectivity index (χ2n) is 4.54. The Morgan fingerprint density at radius 2 is 2.15 bits per heavy atom. The summed E-state index contributed by atoms with van der Waals surface area (Å²) in [5.74, 6) is 0.596. The predicted molar refractivity (Wildman–Crippen MR) is 78.1 cm³/mol. The highest BCUT2D eigenvalue weighted by Crippen LogP contribution is 2.14. The Labute approximate surface area is 120 Å². The molecule has 0 aliphatic carbocycles. The number of pyridine rings is 1. The van der Waals surface area contributed by atoms with Gasteiger partial charge in [-0.2, -0.15) is 0 Å². The van der Waals surface area contributed by atoms with Gasteiger partial charge in [-0.05, 0) is 25.1 Å². The zero-order valence-corrected chi connectivity index (χ0v) is 12.9. The molecule has 8 heteroatoms. The van der Waals surface area contributed by atoms with Crippen molar-refractivity contribution in [3.8, 4) is 0 Å². The molecule has 0 fully saturated rings. The Morgan fingerprint density at radius 1 is 1.45 bits per heavy atom. The molecule has 0 bridgehead atoms. The fraction of sp³-hybridized carbons (Fsp3) is 0.583. The molecule has 0 saturated heterocycles. The first-order chi connectivity index (χ1) is 9.41. The highest BCUT2D eigenvalue weighted by atomic mass is 32.2. The van der Waals surface area contributed by atoms with Gasteiger partial charge >= 0.3 is 0 Å². The van der Waals surface area contributed by atoms with E-state index in [1.54, 1.807) is 13.2 Å². The zero-order chi connectivity index (χ0) is 15.2. The van der Waals surface area contributed by atoms with Crippen LogP contribution in [0.1, 0.15) is 6.42 Å². The molecule has 0 aliphatic heterocycles. The van der Waals surface area contributed by atoms with E-state index in [9.17, 15) is 8.42 Å². The van der Waals surface area contributed by atoms with Crippen LogP contribution in [0, 0.1) is 0 Å². The van der Waals surface area contributed by atoms with E-state index in [2.05, 4.69) is 10.3 Å². The maximum Gasteiger partial charge on any atom is 0.244 e. The summed E-state index contributed by atoms with van der Waals surface area (Å²) in [4.78, 5) is 4.28. The van der Waals surface area contributed by atoms with Gasteiger partial charge in [0.2, 0.25) is 10.0 Å². The molecule has 0 saturated carbocycles. The van der Waals surface area contributed by atoms with Crippen LogP contribution in [0.3, 0.4) is 0 Å². The molecule has 0 amide bonds. The lowest BCUT2D eigenvalue weighted by atomic mass is 10.2. The van der Waals surface area contributed by atoms with E-state index in [4.69, 9.17) is 10.5 Å². The van der Waals surface area contributed by atoms with E-state index in [1.165, 1.54) is 26.4 Å². The minimum Gasteiger partial charge on any atom is -0.383 e. The van der Waals surface area contributed by atoms with Gasteiger partial charge in [0.1, 0.15) is 10.7 Å². The molecule has 1 aromatic heterocycles. The van der Waals surface area contributed by atoms with Crippen molar-refractivity contribution in [2.75, 3.05) is 39.7 Å². The standard InChI is InChI=1S/C12H22N4O3S/c1-16(2)20(17,18)11-4-5-12(14-8-11)15-10(6-7-13)9-19-3/h4-5,8,10H,6-7,9,13H2,1-3H3,(H,14,15). The lowest BCUT2D eigenvalue weighted by Crippen LogP contribution is -2.28. The zero-order valence-electron chi connectivity index (χ0n) is 12.0. The number of hydrogen-bond donors (Lipinski definition) is 2. The summed E-state index contributed by atoms with van der Waals surface area (Å²) in [5, 5.41) is 3.16. The van der Waals surface area contributed by atoms with Crippen LogP contribution in [0.4, 0.5) is 5.82 Å². The molecule has 1 rings (SSSR count). The molecule has 1 atom stereocenters. The number of rotatable bonds is 8. The minimum atomic E-state index is -3.44. The molecule has 1 heterocycles. The molecule has 0 aliphatic rings. The van der Waals surface area contributed by atoms with Crippen molar-refractivity contribution >= 4 is 15.8 Å². The largest absolute Gasteiger partial charge is 0.383 e. The van der Waals surface area contributed by atoms with Gasteiger partial charge < -0.3 is 15.8 Å². The van der Waals surface area contributed by atoms with Crippen LogP contribution in [0.15, 0.2) is 23.2 Å². The van der Waals surface area contributed by atoms with Gasteiger partial charge in [-0.3, -0.25) is 0 Å². The van der Waals surface area contributed by atoms with Gasteiger partial charge in [0, 0.05) is 27.4 Å². The molecule has 0 spiro atoms. The summed E-state index contributed by atoms with van der Waals surface area (Å²) >= 11 is 0. The number of hydrogen-bond acceptors (Lipinski definition) is 6. The third-order valence-electron chi connectivity index (χ3n) is 2.75. The maximum atomic E-state index is 11.9. The molecule has 1 unspecified atom stereocenters. The lowest BCUT2D eigenvalue weighted by Gasteiger charge is -2.18. The summed E-state index contributed by atoms with van der Waals surface area (Å²) in [6.45, 7) is 1.05. The summed E-state index contributed by atoms with van der Waals surface area (Å²) in [5.41, 5.74) is 5.53. The number of nitrogens with two attached hydrogens (primary N) is 1. The van der Waals surface area contributed by atoms with Crippen LogP contribution in [0.5, 0.6) is 0 Å². The van der Waals surface area contributed by atoms with Crippen molar-refractivity contribution in [1.29, 1.82) is 0 Å². The van der Waals surface area contributed by atoms with Crippen molar-refractivity contribution in [2.24, 2.45) is 5.73 Å². The average Bonchev–Trinajstić information content (AvgIpc) is 2.39. The molecular formula is C12H22N4O3S. The van der Waals surface area contributed by atoms with Gasteiger partial charge in [0.25, 0.3) is 0 Å². The number of sulfonamides is 1. The quantitative estimate of drug-likeness (QED) is 0.707. The fourth-order valence-electron chi connectivity index (χ4n) is 1.64. The number of methoxy groups -OCH3 is 1. The smallest absolute Gasteiger partial charge is 0.244 e. The molecule has 0 radical (unpaired) electrons. The number of nitrogens with zero attached hydrogens (tertiary/aromatic N) is 2. The Balaban J connectivity index is 2.81. The minimum absolute atomic E-state index is 0.0498. The monoisotopic (exact) mass is 302 g/mol. The number of ether oxygens (including phenoxy) is 1. The Hall–Kier alpha value is -1.22. The van der Waals surface area contributed by atoms with Crippen molar-refractivity contribution in [3.63, 3.8) is 0 Å². The second kappa shape index (κ2) is 7.53. The lowest BCUT2D eigenvalue weighted by molar-refractivity contribution is 0.183. The molecular weight excluding hydrogens is 280 g/mol. The van der Waals surface area contributed by atoms with Gasteiger partial charge in [0.05, 0.1) is 12.6 Å². The van der Waals surface area contributed by atoms with Crippen molar-refractivity contribution in [3.05, 3.63) is 18.3 Å². The molecule has 1 aromatic rings. The van der Waals surface area contributed by atoms with Crippen LogP contribution >= 0.6 is 0 Å². The first kappa shape index (κ1) is 16.8. The first-order valence-electron chi connectivity index (χ1n) is 6.26. The van der Waals surface area contributed by atoms with Crippen LogP contribution < -0.4 is 11.1 Å². The van der Waals surface area contributed by atoms with Crippen molar-refractivity contribution < 1.29 is 13.2 Å². The Bertz CT molecular complexity index is 496. The second-order valence-corrected chi connectivity index (χ2v) is 6.69. The van der Waals surface area contributed by atoms with E-state index in [-0.39, 0.29) is 10.9 Å².